The Hall–Kier alpha value is -1.75. The summed E-state index contributed by atoms with van der Waals surface area (Å²) in [4.78, 5) is 0. The molecule has 0 aliphatic carbocycles. The number of benzene rings is 1. The number of hydrogen-bond donors (Lipinski definition) is 1. The van der Waals surface area contributed by atoms with Gasteiger partial charge in [0.15, 0.2) is 0 Å². The lowest BCUT2D eigenvalue weighted by Crippen LogP contribution is -2.28. The third-order valence-corrected chi connectivity index (χ3v) is 3.76. The van der Waals surface area contributed by atoms with Crippen LogP contribution in [0, 0.1) is 0 Å². The molecule has 114 valence electrons. The topological polar surface area (TPSA) is 55.6 Å². The summed E-state index contributed by atoms with van der Waals surface area (Å²) in [6.45, 7) is 6.71. The van der Waals surface area contributed by atoms with E-state index >= 15 is 0 Å². The molecule has 2 unspecified atom stereocenters. The molecule has 0 amide bonds. The minimum Gasteiger partial charge on any atom is -0.308 e. The molecule has 5 nitrogen and oxygen atoms in total. The van der Waals surface area contributed by atoms with Crippen molar-refractivity contribution in [3.63, 3.8) is 0 Å². The van der Waals surface area contributed by atoms with Gasteiger partial charge in [-0.05, 0) is 48.4 Å². The first kappa shape index (κ1) is 15.6. The number of nitrogens with zero attached hydrogens (tertiary/aromatic N) is 4. The third-order valence-electron chi connectivity index (χ3n) is 3.76. The minimum absolute atomic E-state index is 0.318. The van der Waals surface area contributed by atoms with E-state index in [0.29, 0.717) is 12.1 Å². The van der Waals surface area contributed by atoms with Gasteiger partial charge in [-0.15, -0.1) is 5.10 Å². The van der Waals surface area contributed by atoms with Gasteiger partial charge in [0, 0.05) is 12.1 Å². The van der Waals surface area contributed by atoms with Gasteiger partial charge in [0.2, 0.25) is 0 Å². The molecule has 1 N–H and O–H groups in total. The van der Waals surface area contributed by atoms with Crippen LogP contribution in [0.3, 0.4) is 0 Å². The predicted octanol–water partition coefficient (Wildman–Crippen LogP) is 3.28. The number of rotatable bonds is 8. The lowest BCUT2D eigenvalue weighted by Gasteiger charge is -2.20. The minimum atomic E-state index is 0.318. The normalized spacial score (nSPS) is 14.0. The second-order valence-corrected chi connectivity index (χ2v) is 5.63. The van der Waals surface area contributed by atoms with Gasteiger partial charge in [-0.1, -0.05) is 38.3 Å². The molecule has 2 aromatic rings. The third kappa shape index (κ3) is 4.63. The van der Waals surface area contributed by atoms with Crippen LogP contribution in [0.5, 0.6) is 0 Å². The van der Waals surface area contributed by atoms with Gasteiger partial charge in [-0.3, -0.25) is 0 Å². The van der Waals surface area contributed by atoms with E-state index in [1.54, 1.807) is 11.0 Å². The zero-order chi connectivity index (χ0) is 15.1. The molecule has 2 atom stereocenters. The molecule has 0 radical (unpaired) electrons. The smallest absolute Gasteiger partial charge is 0.143 e. The van der Waals surface area contributed by atoms with Crippen molar-refractivity contribution in [2.45, 2.75) is 58.5 Å². The average Bonchev–Trinajstić information content (AvgIpc) is 3.02. The molecular formula is C16H25N5. The quantitative estimate of drug-likeness (QED) is 0.757. The summed E-state index contributed by atoms with van der Waals surface area (Å²) in [6.07, 6.45) is 6.73. The van der Waals surface area contributed by atoms with E-state index in [1.807, 2.05) is 12.1 Å². The van der Waals surface area contributed by atoms with Crippen LogP contribution in [0.2, 0.25) is 0 Å². The molecule has 5 heteroatoms. The molecule has 0 aliphatic rings. The van der Waals surface area contributed by atoms with Crippen molar-refractivity contribution in [3.05, 3.63) is 36.2 Å². The maximum Gasteiger partial charge on any atom is 0.143 e. The zero-order valence-electron chi connectivity index (χ0n) is 13.2. The van der Waals surface area contributed by atoms with E-state index in [2.05, 4.69) is 53.7 Å². The Morgan fingerprint density at radius 1 is 1.24 bits per heavy atom. The summed E-state index contributed by atoms with van der Waals surface area (Å²) < 4.78 is 1.68. The lowest BCUT2D eigenvalue weighted by atomic mass is 10.0. The van der Waals surface area contributed by atoms with Crippen LogP contribution >= 0.6 is 0 Å². The summed E-state index contributed by atoms with van der Waals surface area (Å²) in [7, 11) is 0. The first-order valence-electron chi connectivity index (χ1n) is 7.80. The van der Waals surface area contributed by atoms with Gasteiger partial charge in [0.05, 0.1) is 5.69 Å². The zero-order valence-corrected chi connectivity index (χ0v) is 13.2. The molecule has 2 rings (SSSR count). The highest BCUT2D eigenvalue weighted by atomic mass is 15.5. The molecule has 21 heavy (non-hydrogen) atoms. The monoisotopic (exact) mass is 287 g/mol. The Balaban J connectivity index is 1.96. The highest BCUT2D eigenvalue weighted by molar-refractivity contribution is 5.35. The van der Waals surface area contributed by atoms with Gasteiger partial charge in [0.1, 0.15) is 6.33 Å². The van der Waals surface area contributed by atoms with Crippen LogP contribution in [0.4, 0.5) is 0 Å². The van der Waals surface area contributed by atoms with E-state index < -0.39 is 0 Å². The molecule has 0 aliphatic heterocycles. The van der Waals surface area contributed by atoms with E-state index in [4.69, 9.17) is 0 Å². The van der Waals surface area contributed by atoms with Crippen LogP contribution < -0.4 is 5.32 Å². The van der Waals surface area contributed by atoms with Crippen LogP contribution in [0.1, 0.15) is 58.1 Å². The van der Waals surface area contributed by atoms with Crippen molar-refractivity contribution in [1.29, 1.82) is 0 Å². The van der Waals surface area contributed by atoms with Gasteiger partial charge >= 0.3 is 0 Å². The van der Waals surface area contributed by atoms with Gasteiger partial charge in [-0.2, -0.15) is 0 Å². The molecule has 1 heterocycles. The number of unbranched alkanes of at least 4 members (excludes halogenated alkanes) is 2. The Labute approximate surface area is 126 Å². The second kappa shape index (κ2) is 7.88. The predicted molar refractivity (Wildman–Crippen MR) is 84.3 cm³/mol. The molecule has 0 bridgehead atoms. The van der Waals surface area contributed by atoms with E-state index in [-0.39, 0.29) is 0 Å². The largest absolute Gasteiger partial charge is 0.308 e. The van der Waals surface area contributed by atoms with Crippen LogP contribution in [0.25, 0.3) is 5.69 Å². The van der Waals surface area contributed by atoms with E-state index in [1.165, 1.54) is 31.2 Å². The SMILES string of the molecule is CCCCCC(C)NC(C)c1cccc(-n2cnnn2)c1. The molecular weight excluding hydrogens is 262 g/mol. The maximum absolute atomic E-state index is 3.93. The summed E-state index contributed by atoms with van der Waals surface area (Å²) in [6, 6.07) is 9.18. The second-order valence-electron chi connectivity index (χ2n) is 5.63. The van der Waals surface area contributed by atoms with Crippen molar-refractivity contribution in [1.82, 2.24) is 25.5 Å². The summed E-state index contributed by atoms with van der Waals surface area (Å²) in [5, 5.41) is 15.0. The Bertz CT molecular complexity index is 523. The van der Waals surface area contributed by atoms with Crippen molar-refractivity contribution in [2.75, 3.05) is 0 Å². The van der Waals surface area contributed by atoms with Crippen LogP contribution in [-0.4, -0.2) is 26.2 Å². The van der Waals surface area contributed by atoms with Gasteiger partial charge in [-0.25, -0.2) is 4.68 Å². The summed E-state index contributed by atoms with van der Waals surface area (Å²) in [5.41, 5.74) is 2.25. The number of aromatic nitrogens is 4. The number of nitrogens with one attached hydrogen (secondary N) is 1. The summed E-state index contributed by atoms with van der Waals surface area (Å²) >= 11 is 0. The molecule has 0 fully saturated rings. The van der Waals surface area contributed by atoms with Crippen LogP contribution in [0.15, 0.2) is 30.6 Å². The molecule has 0 spiro atoms. The van der Waals surface area contributed by atoms with Crippen LogP contribution in [-0.2, 0) is 0 Å². The van der Waals surface area contributed by atoms with E-state index in [0.717, 1.165) is 5.69 Å². The fraction of sp³-hybridized carbons (Fsp3) is 0.562. The highest BCUT2D eigenvalue weighted by Gasteiger charge is 2.10. The fourth-order valence-corrected chi connectivity index (χ4v) is 2.52. The molecule has 1 aromatic carbocycles. The van der Waals surface area contributed by atoms with Crippen molar-refractivity contribution in [3.8, 4) is 5.69 Å². The molecule has 1 aromatic heterocycles. The first-order chi connectivity index (χ1) is 10.2. The number of hydrogen-bond acceptors (Lipinski definition) is 4. The maximum atomic E-state index is 3.93. The van der Waals surface area contributed by atoms with Crippen molar-refractivity contribution >= 4 is 0 Å². The average molecular weight is 287 g/mol. The van der Waals surface area contributed by atoms with Gasteiger partial charge in [0.25, 0.3) is 0 Å². The van der Waals surface area contributed by atoms with Gasteiger partial charge < -0.3 is 5.32 Å². The fourth-order valence-electron chi connectivity index (χ4n) is 2.52. The Kier molecular flexibility index (Phi) is 5.87. The highest BCUT2D eigenvalue weighted by Crippen LogP contribution is 2.17. The first-order valence-corrected chi connectivity index (χ1v) is 7.80. The van der Waals surface area contributed by atoms with Crippen molar-refractivity contribution < 1.29 is 0 Å². The molecule has 0 saturated carbocycles. The summed E-state index contributed by atoms with van der Waals surface area (Å²) in [5.74, 6) is 0. The standard InChI is InChI=1S/C16H25N5/c1-4-5-6-8-13(2)18-14(3)15-9-7-10-16(11-15)21-12-17-19-20-21/h7,9-14,18H,4-6,8H2,1-3H3. The number of tetrazole rings is 1. The van der Waals surface area contributed by atoms with Crippen molar-refractivity contribution in [2.24, 2.45) is 0 Å². The van der Waals surface area contributed by atoms with E-state index in [9.17, 15) is 0 Å². The lowest BCUT2D eigenvalue weighted by molar-refractivity contribution is 0.440. The Morgan fingerprint density at radius 2 is 2.10 bits per heavy atom. The Morgan fingerprint density at radius 3 is 2.81 bits per heavy atom. The molecule has 0 saturated heterocycles.